The normalized spacial score (nSPS) is 17.6. The number of anilines is 1. The summed E-state index contributed by atoms with van der Waals surface area (Å²) in [6.45, 7) is 4.56. The van der Waals surface area contributed by atoms with Gasteiger partial charge in [-0.05, 0) is 68.1 Å². The number of nitrogens with zero attached hydrogens (tertiary/aromatic N) is 2. The number of carbonyl (C=O) groups excluding carboxylic acids is 3. The Morgan fingerprint density at radius 2 is 1.89 bits per heavy atom. The van der Waals surface area contributed by atoms with Crippen LogP contribution >= 0.6 is 11.8 Å². The van der Waals surface area contributed by atoms with Crippen LogP contribution in [0, 0.1) is 6.92 Å². The van der Waals surface area contributed by atoms with Gasteiger partial charge >= 0.3 is 0 Å². The highest BCUT2D eigenvalue weighted by Crippen LogP contribution is 2.29. The third-order valence-corrected chi connectivity index (χ3v) is 7.02. The summed E-state index contributed by atoms with van der Waals surface area (Å²) < 4.78 is 5.64. The van der Waals surface area contributed by atoms with E-state index in [0.717, 1.165) is 42.4 Å². The zero-order chi connectivity index (χ0) is 24.6. The first-order valence-corrected chi connectivity index (χ1v) is 12.8. The molecule has 0 aromatic heterocycles. The fourth-order valence-corrected chi connectivity index (χ4v) is 5.07. The standard InChI is InChI=1S/C26H30N4O4S/c1-18-6-5-7-21(16-18)34-15-12-27-24(32)19-8-10-20(11-9-19)28-23(31)17-22-25(33)29-26(35-22)30-13-3-2-4-14-30/h5-11,16,22H,2-4,12-15,17H2,1H3,(H,27,32)(H,28,31)/t22-/m0/s1. The second-order valence-corrected chi connectivity index (χ2v) is 9.81. The van der Waals surface area contributed by atoms with Crippen molar-refractivity contribution in [1.82, 2.24) is 10.2 Å². The molecule has 8 nitrogen and oxygen atoms in total. The van der Waals surface area contributed by atoms with Crippen LogP contribution in [0.2, 0.25) is 0 Å². The summed E-state index contributed by atoms with van der Waals surface area (Å²) >= 11 is 1.38. The van der Waals surface area contributed by atoms with E-state index >= 15 is 0 Å². The largest absolute Gasteiger partial charge is 0.492 e. The quantitative estimate of drug-likeness (QED) is 0.544. The van der Waals surface area contributed by atoms with Crippen LogP contribution in [0.4, 0.5) is 5.69 Å². The summed E-state index contributed by atoms with van der Waals surface area (Å²) in [6, 6.07) is 14.4. The molecule has 35 heavy (non-hydrogen) atoms. The third-order valence-electron chi connectivity index (χ3n) is 5.80. The summed E-state index contributed by atoms with van der Waals surface area (Å²) in [6.07, 6.45) is 3.48. The van der Waals surface area contributed by atoms with Gasteiger partial charge in [0.05, 0.1) is 6.54 Å². The van der Waals surface area contributed by atoms with Crippen molar-refractivity contribution in [2.45, 2.75) is 37.9 Å². The molecule has 1 saturated heterocycles. The molecular formula is C26H30N4O4S. The Morgan fingerprint density at radius 3 is 2.63 bits per heavy atom. The van der Waals surface area contributed by atoms with Gasteiger partial charge in [0.15, 0.2) is 5.17 Å². The molecule has 9 heteroatoms. The molecule has 0 bridgehead atoms. The van der Waals surface area contributed by atoms with Crippen molar-refractivity contribution in [2.75, 3.05) is 31.6 Å². The molecular weight excluding hydrogens is 464 g/mol. The van der Waals surface area contributed by atoms with Crippen molar-refractivity contribution in [2.24, 2.45) is 4.99 Å². The number of nitrogens with one attached hydrogen (secondary N) is 2. The van der Waals surface area contributed by atoms with Gasteiger partial charge in [0.2, 0.25) is 5.91 Å². The lowest BCUT2D eigenvalue weighted by Gasteiger charge is -2.27. The number of likely N-dealkylation sites (tertiary alicyclic amines) is 1. The van der Waals surface area contributed by atoms with E-state index in [9.17, 15) is 14.4 Å². The molecule has 0 radical (unpaired) electrons. The molecule has 2 aliphatic heterocycles. The van der Waals surface area contributed by atoms with E-state index in [-0.39, 0.29) is 24.1 Å². The number of hydrogen-bond donors (Lipinski definition) is 2. The number of piperidine rings is 1. The number of aliphatic imine (C=N–C) groups is 1. The van der Waals surface area contributed by atoms with E-state index in [1.165, 1.54) is 18.2 Å². The summed E-state index contributed by atoms with van der Waals surface area (Å²) in [5.41, 5.74) is 2.17. The number of amidine groups is 1. The van der Waals surface area contributed by atoms with Gasteiger partial charge in [0.25, 0.3) is 11.8 Å². The minimum Gasteiger partial charge on any atom is -0.492 e. The topological polar surface area (TPSA) is 100 Å². The van der Waals surface area contributed by atoms with Crippen LogP contribution in [0.3, 0.4) is 0 Å². The number of hydrogen-bond acceptors (Lipinski definition) is 6. The SMILES string of the molecule is Cc1cccc(OCCNC(=O)c2ccc(NC(=O)C[C@@H]3SC(N4CCCCC4)=NC3=O)cc2)c1. The van der Waals surface area contributed by atoms with Gasteiger partial charge in [0.1, 0.15) is 17.6 Å². The Labute approximate surface area is 209 Å². The van der Waals surface area contributed by atoms with E-state index in [1.54, 1.807) is 24.3 Å². The van der Waals surface area contributed by atoms with E-state index in [4.69, 9.17) is 4.74 Å². The second-order valence-electron chi connectivity index (χ2n) is 8.64. The van der Waals surface area contributed by atoms with E-state index in [0.29, 0.717) is 24.4 Å². The molecule has 3 amide bonds. The highest BCUT2D eigenvalue weighted by atomic mass is 32.2. The number of carbonyl (C=O) groups is 3. The number of benzene rings is 2. The van der Waals surface area contributed by atoms with Crippen molar-refractivity contribution in [3.05, 3.63) is 59.7 Å². The van der Waals surface area contributed by atoms with Gasteiger partial charge in [-0.2, -0.15) is 4.99 Å². The van der Waals surface area contributed by atoms with E-state index < -0.39 is 5.25 Å². The summed E-state index contributed by atoms with van der Waals surface area (Å²) in [7, 11) is 0. The van der Waals surface area contributed by atoms with Gasteiger partial charge in [-0.25, -0.2) is 0 Å². The maximum atomic E-state index is 12.5. The van der Waals surface area contributed by atoms with Gasteiger partial charge in [-0.1, -0.05) is 23.9 Å². The predicted molar refractivity (Wildman–Crippen MR) is 138 cm³/mol. The smallest absolute Gasteiger partial charge is 0.262 e. The molecule has 1 atom stereocenters. The minimum absolute atomic E-state index is 0.0630. The van der Waals surface area contributed by atoms with Crippen LogP contribution in [0.25, 0.3) is 0 Å². The Balaban J connectivity index is 1.19. The molecule has 2 heterocycles. The Bertz CT molecular complexity index is 1100. The minimum atomic E-state index is -0.487. The number of aryl methyl sites for hydroxylation is 1. The Hall–Kier alpha value is -3.33. The van der Waals surface area contributed by atoms with Crippen molar-refractivity contribution in [3.63, 3.8) is 0 Å². The average molecular weight is 495 g/mol. The van der Waals surface area contributed by atoms with Crippen LogP contribution in [0.5, 0.6) is 5.75 Å². The summed E-state index contributed by atoms with van der Waals surface area (Å²) in [5.74, 6) is 0.0537. The van der Waals surface area contributed by atoms with E-state index in [1.807, 2.05) is 31.2 Å². The lowest BCUT2D eigenvalue weighted by atomic mass is 10.1. The molecule has 0 unspecified atom stereocenters. The fourth-order valence-electron chi connectivity index (χ4n) is 3.96. The lowest BCUT2D eigenvalue weighted by Crippen LogP contribution is -2.33. The highest BCUT2D eigenvalue weighted by molar-refractivity contribution is 8.15. The zero-order valence-electron chi connectivity index (χ0n) is 19.8. The van der Waals surface area contributed by atoms with Crippen LogP contribution in [0.15, 0.2) is 53.5 Å². The first kappa shape index (κ1) is 24.8. The lowest BCUT2D eigenvalue weighted by molar-refractivity contribution is -0.121. The molecule has 4 rings (SSSR count). The molecule has 0 aliphatic carbocycles. The molecule has 2 aromatic rings. The van der Waals surface area contributed by atoms with Gasteiger partial charge in [-0.15, -0.1) is 0 Å². The van der Waals surface area contributed by atoms with Crippen LogP contribution in [-0.2, 0) is 9.59 Å². The first-order chi connectivity index (χ1) is 17.0. The molecule has 2 aliphatic rings. The maximum Gasteiger partial charge on any atom is 0.262 e. The maximum absolute atomic E-state index is 12.5. The molecule has 2 N–H and O–H groups in total. The zero-order valence-corrected chi connectivity index (χ0v) is 20.6. The van der Waals surface area contributed by atoms with Crippen LogP contribution in [-0.4, -0.2) is 59.3 Å². The van der Waals surface area contributed by atoms with Crippen molar-refractivity contribution in [3.8, 4) is 5.75 Å². The molecule has 1 fully saturated rings. The number of rotatable bonds is 8. The molecule has 0 saturated carbocycles. The summed E-state index contributed by atoms with van der Waals surface area (Å²) in [5, 5.41) is 5.88. The molecule has 2 aromatic carbocycles. The summed E-state index contributed by atoms with van der Waals surface area (Å²) in [4.78, 5) is 43.4. The predicted octanol–water partition coefficient (Wildman–Crippen LogP) is 3.62. The van der Waals surface area contributed by atoms with Crippen molar-refractivity contribution in [1.29, 1.82) is 0 Å². The number of ether oxygens (including phenoxy) is 1. The fraction of sp³-hybridized carbons (Fsp3) is 0.385. The Kier molecular flexibility index (Phi) is 8.41. The monoisotopic (exact) mass is 494 g/mol. The van der Waals surface area contributed by atoms with Crippen LogP contribution in [0.1, 0.15) is 41.6 Å². The Morgan fingerprint density at radius 1 is 1.11 bits per heavy atom. The van der Waals surface area contributed by atoms with Gasteiger partial charge in [-0.3, -0.25) is 14.4 Å². The van der Waals surface area contributed by atoms with E-state index in [2.05, 4.69) is 20.5 Å². The van der Waals surface area contributed by atoms with Crippen molar-refractivity contribution < 1.29 is 19.1 Å². The average Bonchev–Trinajstić information content (AvgIpc) is 3.22. The van der Waals surface area contributed by atoms with Crippen molar-refractivity contribution >= 4 is 40.3 Å². The highest BCUT2D eigenvalue weighted by Gasteiger charge is 2.33. The molecule has 0 spiro atoms. The van der Waals surface area contributed by atoms with Gasteiger partial charge < -0.3 is 20.3 Å². The number of amides is 3. The van der Waals surface area contributed by atoms with Crippen LogP contribution < -0.4 is 15.4 Å². The number of thioether (sulfide) groups is 1. The van der Waals surface area contributed by atoms with Gasteiger partial charge in [0, 0.05) is 30.8 Å². The molecule has 184 valence electrons. The first-order valence-electron chi connectivity index (χ1n) is 11.9. The third kappa shape index (κ3) is 7.08. The second kappa shape index (κ2) is 11.9.